The Labute approximate surface area is 231 Å². The minimum Gasteiger partial charge on any atom is -0.459 e. The number of hydrogen-bond donors (Lipinski definition) is 2. The van der Waals surface area contributed by atoms with E-state index in [4.69, 9.17) is 19.2 Å². The van der Waals surface area contributed by atoms with Crippen LogP contribution in [0, 0.1) is 17.2 Å². The van der Waals surface area contributed by atoms with Crippen LogP contribution in [0.15, 0.2) is 66.9 Å². The molecule has 2 aliphatic rings. The number of halogens is 1. The van der Waals surface area contributed by atoms with Crippen LogP contribution in [0.5, 0.6) is 6.01 Å². The average Bonchev–Trinajstić information content (AvgIpc) is 3.72. The van der Waals surface area contributed by atoms with E-state index in [1.54, 1.807) is 24.4 Å². The van der Waals surface area contributed by atoms with Crippen LogP contribution < -0.4 is 10.1 Å². The van der Waals surface area contributed by atoms with E-state index in [-0.39, 0.29) is 30.9 Å². The lowest BCUT2D eigenvalue weighted by Crippen LogP contribution is -2.49. The maximum Gasteiger partial charge on any atom is 0.317 e. The molecule has 9 nitrogen and oxygen atoms in total. The predicted molar refractivity (Wildman–Crippen MR) is 144 cm³/mol. The van der Waals surface area contributed by atoms with Crippen LogP contribution in [-0.4, -0.2) is 45.6 Å². The van der Waals surface area contributed by atoms with Crippen molar-refractivity contribution in [1.29, 1.82) is 0 Å². The lowest BCUT2D eigenvalue weighted by Gasteiger charge is -2.35. The lowest BCUT2D eigenvalue weighted by molar-refractivity contribution is -0.231. The molecule has 4 aromatic rings. The summed E-state index contributed by atoms with van der Waals surface area (Å²) in [5.41, 5.74) is 2.55. The van der Waals surface area contributed by atoms with Gasteiger partial charge in [0.15, 0.2) is 5.82 Å². The second-order valence-corrected chi connectivity index (χ2v) is 10.5. The molecule has 2 aromatic heterocycles. The first-order valence-electron chi connectivity index (χ1n) is 13.3. The van der Waals surface area contributed by atoms with Crippen molar-refractivity contribution in [3.8, 4) is 28.7 Å². The van der Waals surface area contributed by atoms with Crippen molar-refractivity contribution in [1.82, 2.24) is 25.3 Å². The second kappa shape index (κ2) is 11.1. The van der Waals surface area contributed by atoms with Gasteiger partial charge in [-0.15, -0.1) is 0 Å². The minimum absolute atomic E-state index is 0.0750. The number of carbonyl (C=O) groups is 1. The molecule has 0 radical (unpaired) electrons. The summed E-state index contributed by atoms with van der Waals surface area (Å²) < 4.78 is 31.5. The Morgan fingerprint density at radius 3 is 2.55 bits per heavy atom. The fourth-order valence-corrected chi connectivity index (χ4v) is 4.45. The van der Waals surface area contributed by atoms with Crippen molar-refractivity contribution >= 4 is 5.91 Å². The SMILES string of the molecule is CC1(C(=O)NCC2CC2)COC(c2nc(-c3ccc(F)cc3)c(-c3ccnc(OCc4ccccc4)n3)[nH]2)OC1. The van der Waals surface area contributed by atoms with Crippen LogP contribution in [0.1, 0.15) is 37.4 Å². The van der Waals surface area contributed by atoms with Crippen LogP contribution in [-0.2, 0) is 20.9 Å². The number of imidazole rings is 1. The molecule has 1 aliphatic carbocycles. The summed E-state index contributed by atoms with van der Waals surface area (Å²) in [6, 6.07) is 17.7. The third-order valence-corrected chi connectivity index (χ3v) is 7.07. The van der Waals surface area contributed by atoms with Gasteiger partial charge in [-0.25, -0.2) is 14.4 Å². The molecule has 0 spiro atoms. The Bertz CT molecular complexity index is 1470. The summed E-state index contributed by atoms with van der Waals surface area (Å²) >= 11 is 0. The summed E-state index contributed by atoms with van der Waals surface area (Å²) in [5, 5.41) is 3.02. The van der Waals surface area contributed by atoms with Crippen LogP contribution in [0.4, 0.5) is 4.39 Å². The van der Waals surface area contributed by atoms with E-state index < -0.39 is 11.7 Å². The van der Waals surface area contributed by atoms with Gasteiger partial charge in [-0.1, -0.05) is 30.3 Å². The number of aromatic amines is 1. The molecule has 206 valence electrons. The van der Waals surface area contributed by atoms with E-state index >= 15 is 0 Å². The Morgan fingerprint density at radius 1 is 1.07 bits per heavy atom. The highest BCUT2D eigenvalue weighted by molar-refractivity contribution is 5.82. The van der Waals surface area contributed by atoms with E-state index in [1.807, 2.05) is 37.3 Å². The number of hydrogen-bond acceptors (Lipinski definition) is 7. The quantitative estimate of drug-likeness (QED) is 0.311. The van der Waals surface area contributed by atoms with E-state index in [0.717, 1.165) is 18.4 Å². The third kappa shape index (κ3) is 5.88. The number of benzene rings is 2. The maximum atomic E-state index is 13.7. The minimum atomic E-state index is -0.812. The summed E-state index contributed by atoms with van der Waals surface area (Å²) in [6.45, 7) is 3.21. The van der Waals surface area contributed by atoms with Crippen LogP contribution in [0.2, 0.25) is 0 Å². The van der Waals surface area contributed by atoms with Crippen molar-refractivity contribution in [3.05, 3.63) is 84.1 Å². The summed E-state index contributed by atoms with van der Waals surface area (Å²) in [6.07, 6.45) is 3.12. The van der Waals surface area contributed by atoms with Crippen LogP contribution >= 0.6 is 0 Å². The molecule has 3 heterocycles. The van der Waals surface area contributed by atoms with Gasteiger partial charge in [-0.2, -0.15) is 4.98 Å². The summed E-state index contributed by atoms with van der Waals surface area (Å²) in [7, 11) is 0. The molecule has 6 rings (SSSR count). The van der Waals surface area contributed by atoms with Gasteiger partial charge in [0.1, 0.15) is 12.4 Å². The molecule has 1 saturated carbocycles. The highest BCUT2D eigenvalue weighted by Gasteiger charge is 2.41. The van der Waals surface area contributed by atoms with E-state index in [0.29, 0.717) is 47.5 Å². The largest absolute Gasteiger partial charge is 0.459 e. The smallest absolute Gasteiger partial charge is 0.317 e. The molecular weight excluding hydrogens is 513 g/mol. The molecule has 2 aromatic carbocycles. The van der Waals surface area contributed by atoms with Gasteiger partial charge in [0.2, 0.25) is 12.2 Å². The Balaban J connectivity index is 1.23. The summed E-state index contributed by atoms with van der Waals surface area (Å²) in [5.74, 6) is 0.579. The molecule has 0 bridgehead atoms. The number of rotatable bonds is 9. The van der Waals surface area contributed by atoms with Gasteiger partial charge in [0.05, 0.1) is 35.7 Å². The van der Waals surface area contributed by atoms with E-state index in [9.17, 15) is 9.18 Å². The zero-order chi connectivity index (χ0) is 27.5. The Hall–Kier alpha value is -4.15. The lowest BCUT2D eigenvalue weighted by atomic mass is 9.91. The number of H-pyrrole nitrogens is 1. The first kappa shape index (κ1) is 26.1. The van der Waals surface area contributed by atoms with Crippen molar-refractivity contribution in [2.24, 2.45) is 11.3 Å². The Kier molecular flexibility index (Phi) is 7.27. The zero-order valence-corrected chi connectivity index (χ0v) is 22.1. The number of carbonyl (C=O) groups excluding carboxylic acids is 1. The first-order valence-corrected chi connectivity index (χ1v) is 13.3. The average molecular weight is 544 g/mol. The predicted octanol–water partition coefficient (Wildman–Crippen LogP) is 4.83. The summed E-state index contributed by atoms with van der Waals surface area (Å²) in [4.78, 5) is 29.7. The van der Waals surface area contributed by atoms with Gasteiger partial charge in [-0.3, -0.25) is 4.79 Å². The number of amides is 1. The van der Waals surface area contributed by atoms with Crippen molar-refractivity contribution in [2.75, 3.05) is 19.8 Å². The standard InChI is InChI=1S/C30H30FN5O4/c1-30(28(37)33-15-19-7-8-19)17-39-27(40-18-30)26-35-24(21-9-11-22(31)12-10-21)25(36-26)23-13-14-32-29(34-23)38-16-20-5-3-2-4-6-20/h2-6,9-14,19,27H,7-8,15-18H2,1H3,(H,33,37)(H,35,36). The van der Waals surface area contributed by atoms with Gasteiger partial charge in [0, 0.05) is 18.3 Å². The first-order chi connectivity index (χ1) is 19.5. The van der Waals surface area contributed by atoms with Gasteiger partial charge in [-0.05, 0) is 61.6 Å². The van der Waals surface area contributed by atoms with Gasteiger partial charge < -0.3 is 24.5 Å². The molecule has 1 aliphatic heterocycles. The van der Waals surface area contributed by atoms with Crippen LogP contribution in [0.3, 0.4) is 0 Å². The third-order valence-electron chi connectivity index (χ3n) is 7.07. The van der Waals surface area contributed by atoms with Crippen molar-refractivity contribution in [3.63, 3.8) is 0 Å². The van der Waals surface area contributed by atoms with Gasteiger partial charge in [0.25, 0.3) is 0 Å². The fraction of sp³-hybridized carbons (Fsp3) is 0.333. The number of ether oxygens (including phenoxy) is 3. The molecule has 40 heavy (non-hydrogen) atoms. The molecule has 0 atom stereocenters. The topological polar surface area (TPSA) is 111 Å². The van der Waals surface area contributed by atoms with E-state index in [2.05, 4.69) is 20.3 Å². The van der Waals surface area contributed by atoms with E-state index in [1.165, 1.54) is 12.1 Å². The molecule has 2 fully saturated rings. The number of nitrogens with one attached hydrogen (secondary N) is 2. The fourth-order valence-electron chi connectivity index (χ4n) is 4.45. The maximum absolute atomic E-state index is 13.7. The van der Waals surface area contributed by atoms with Crippen molar-refractivity contribution in [2.45, 2.75) is 32.7 Å². The van der Waals surface area contributed by atoms with Crippen molar-refractivity contribution < 1.29 is 23.4 Å². The number of aromatic nitrogens is 4. The molecule has 10 heteroatoms. The molecule has 1 saturated heterocycles. The van der Waals surface area contributed by atoms with Gasteiger partial charge >= 0.3 is 6.01 Å². The molecule has 0 unspecified atom stereocenters. The normalized spacial score (nSPS) is 20.7. The molecular formula is C30H30FN5O4. The second-order valence-electron chi connectivity index (χ2n) is 10.5. The monoisotopic (exact) mass is 543 g/mol. The highest BCUT2D eigenvalue weighted by Crippen LogP contribution is 2.36. The van der Waals surface area contributed by atoms with Crippen LogP contribution in [0.25, 0.3) is 22.6 Å². The molecule has 1 amide bonds. The Morgan fingerprint density at radius 2 is 1.82 bits per heavy atom. The molecule has 2 N–H and O–H groups in total. The number of nitrogens with zero attached hydrogens (tertiary/aromatic N) is 3. The highest BCUT2D eigenvalue weighted by atomic mass is 19.1. The zero-order valence-electron chi connectivity index (χ0n) is 22.1.